The van der Waals surface area contributed by atoms with Gasteiger partial charge in [0.15, 0.2) is 0 Å². The Bertz CT molecular complexity index is 1200. The van der Waals surface area contributed by atoms with Gasteiger partial charge in [-0.1, -0.05) is 62.4 Å². The summed E-state index contributed by atoms with van der Waals surface area (Å²) in [6.07, 6.45) is 9.80. The number of imidazole rings is 1. The minimum absolute atomic E-state index is 0.511. The summed E-state index contributed by atoms with van der Waals surface area (Å²) in [7, 11) is 0. The molecule has 0 atom stereocenters. The average molecular weight is 369 g/mol. The summed E-state index contributed by atoms with van der Waals surface area (Å²) in [6.45, 7) is 7.07. The molecule has 1 saturated carbocycles. The zero-order valence-corrected chi connectivity index (χ0v) is 17.1. The first kappa shape index (κ1) is 17.5. The summed E-state index contributed by atoms with van der Waals surface area (Å²) in [4.78, 5) is 4.86. The van der Waals surface area contributed by atoms with Crippen LogP contribution in [0.25, 0.3) is 32.9 Å². The lowest BCUT2D eigenvalue weighted by atomic mass is 9.73. The van der Waals surface area contributed by atoms with Gasteiger partial charge in [0.05, 0.1) is 17.4 Å². The van der Waals surface area contributed by atoms with E-state index in [1.165, 1.54) is 58.6 Å². The molecule has 4 aromatic rings. The summed E-state index contributed by atoms with van der Waals surface area (Å²) < 4.78 is 2.36. The van der Waals surface area contributed by atoms with Crippen LogP contribution in [0.1, 0.15) is 52.1 Å². The van der Waals surface area contributed by atoms with Crippen LogP contribution in [0.2, 0.25) is 0 Å². The molecule has 5 rings (SSSR count). The quantitative estimate of drug-likeness (QED) is 0.340. The number of para-hydroxylation sites is 1. The fourth-order valence-corrected chi connectivity index (χ4v) is 4.90. The normalized spacial score (nSPS) is 18.3. The Morgan fingerprint density at radius 1 is 0.964 bits per heavy atom. The molecule has 2 heteroatoms. The lowest BCUT2D eigenvalue weighted by Gasteiger charge is -2.33. The third kappa shape index (κ3) is 2.83. The first-order valence-electron chi connectivity index (χ1n) is 10.5. The van der Waals surface area contributed by atoms with Crippen LogP contribution in [0.5, 0.6) is 0 Å². The molecule has 2 heterocycles. The van der Waals surface area contributed by atoms with Gasteiger partial charge in [-0.15, -0.1) is 0 Å². The SMILES string of the molecule is C/C(=C/C1CCC(C)(C)CC1)c1cnc2c3ccccc3c3ccccc3n12. The van der Waals surface area contributed by atoms with Crippen molar-refractivity contribution in [2.24, 2.45) is 11.3 Å². The number of pyridine rings is 1. The Hall–Kier alpha value is -2.61. The van der Waals surface area contributed by atoms with Gasteiger partial charge in [0, 0.05) is 10.8 Å². The van der Waals surface area contributed by atoms with Gasteiger partial charge in [0.2, 0.25) is 0 Å². The number of hydrogen-bond acceptors (Lipinski definition) is 1. The van der Waals surface area contributed by atoms with Gasteiger partial charge < -0.3 is 0 Å². The predicted octanol–water partition coefficient (Wildman–Crippen LogP) is 7.26. The maximum atomic E-state index is 4.86. The summed E-state index contributed by atoms with van der Waals surface area (Å²) in [6, 6.07) is 17.3. The largest absolute Gasteiger partial charge is 0.292 e. The van der Waals surface area contributed by atoms with E-state index in [1.54, 1.807) is 0 Å². The molecule has 0 N–H and O–H groups in total. The molecule has 0 amide bonds. The maximum absolute atomic E-state index is 4.86. The van der Waals surface area contributed by atoms with E-state index in [0.717, 1.165) is 5.65 Å². The monoisotopic (exact) mass is 368 g/mol. The van der Waals surface area contributed by atoms with Crippen LogP contribution in [0.15, 0.2) is 60.8 Å². The van der Waals surface area contributed by atoms with Crippen molar-refractivity contribution in [3.63, 3.8) is 0 Å². The second-order valence-corrected chi connectivity index (χ2v) is 9.22. The highest BCUT2D eigenvalue weighted by atomic mass is 15.0. The van der Waals surface area contributed by atoms with Crippen LogP contribution in [-0.4, -0.2) is 9.38 Å². The van der Waals surface area contributed by atoms with Crippen molar-refractivity contribution in [1.82, 2.24) is 9.38 Å². The van der Waals surface area contributed by atoms with Crippen molar-refractivity contribution >= 4 is 32.9 Å². The first-order chi connectivity index (χ1) is 13.5. The summed E-state index contributed by atoms with van der Waals surface area (Å²) in [5, 5.41) is 3.79. The lowest BCUT2D eigenvalue weighted by molar-refractivity contribution is 0.214. The van der Waals surface area contributed by atoms with E-state index in [9.17, 15) is 0 Å². The smallest absolute Gasteiger partial charge is 0.145 e. The highest BCUT2D eigenvalue weighted by Gasteiger charge is 2.26. The summed E-state index contributed by atoms with van der Waals surface area (Å²) in [5.41, 5.74) is 5.37. The molecule has 142 valence electrons. The molecule has 1 aliphatic rings. The van der Waals surface area contributed by atoms with E-state index in [1.807, 2.05) is 0 Å². The Labute approximate surface area is 166 Å². The van der Waals surface area contributed by atoms with Gasteiger partial charge in [-0.05, 0) is 61.0 Å². The molecule has 0 aliphatic heterocycles. The van der Waals surface area contributed by atoms with Crippen LogP contribution in [0.4, 0.5) is 0 Å². The van der Waals surface area contributed by atoms with Gasteiger partial charge >= 0.3 is 0 Å². The number of fused-ring (bicyclic) bond motifs is 6. The second-order valence-electron chi connectivity index (χ2n) is 9.22. The van der Waals surface area contributed by atoms with Crippen LogP contribution in [-0.2, 0) is 0 Å². The zero-order chi connectivity index (χ0) is 19.3. The van der Waals surface area contributed by atoms with E-state index in [2.05, 4.69) is 86.0 Å². The zero-order valence-electron chi connectivity index (χ0n) is 17.1. The average Bonchev–Trinajstić information content (AvgIpc) is 3.16. The van der Waals surface area contributed by atoms with Crippen molar-refractivity contribution in [3.8, 4) is 0 Å². The molecule has 0 spiro atoms. The van der Waals surface area contributed by atoms with Gasteiger partial charge in [-0.2, -0.15) is 0 Å². The number of benzene rings is 2. The van der Waals surface area contributed by atoms with Gasteiger partial charge in [0.1, 0.15) is 5.65 Å². The fraction of sp³-hybridized carbons (Fsp3) is 0.346. The lowest BCUT2D eigenvalue weighted by Crippen LogP contribution is -2.20. The molecule has 2 nitrogen and oxygen atoms in total. The molecule has 0 radical (unpaired) electrons. The molecule has 0 saturated heterocycles. The molecular formula is C26H28N2. The van der Waals surface area contributed by atoms with Crippen LogP contribution in [0.3, 0.4) is 0 Å². The Balaban J connectivity index is 1.68. The van der Waals surface area contributed by atoms with E-state index >= 15 is 0 Å². The Kier molecular flexibility index (Phi) is 4.04. The summed E-state index contributed by atoms with van der Waals surface area (Å²) in [5.74, 6) is 0.685. The van der Waals surface area contributed by atoms with Crippen LogP contribution in [0, 0.1) is 11.3 Å². The van der Waals surface area contributed by atoms with Crippen molar-refractivity contribution in [2.75, 3.05) is 0 Å². The minimum Gasteiger partial charge on any atom is -0.292 e. The number of hydrogen-bond donors (Lipinski definition) is 0. The van der Waals surface area contributed by atoms with E-state index < -0.39 is 0 Å². The molecule has 0 bridgehead atoms. The fourth-order valence-electron chi connectivity index (χ4n) is 4.90. The van der Waals surface area contributed by atoms with E-state index in [4.69, 9.17) is 4.98 Å². The van der Waals surface area contributed by atoms with Crippen LogP contribution >= 0.6 is 0 Å². The highest BCUT2D eigenvalue weighted by Crippen LogP contribution is 2.39. The third-order valence-electron chi connectivity index (χ3n) is 6.64. The van der Waals surface area contributed by atoms with Crippen LogP contribution < -0.4 is 0 Å². The molecule has 2 aromatic heterocycles. The molecule has 28 heavy (non-hydrogen) atoms. The van der Waals surface area contributed by atoms with Gasteiger partial charge in [-0.3, -0.25) is 4.40 Å². The van der Waals surface area contributed by atoms with Crippen molar-refractivity contribution in [1.29, 1.82) is 0 Å². The van der Waals surface area contributed by atoms with Gasteiger partial charge in [0.25, 0.3) is 0 Å². The standard InChI is InChI=1S/C26H28N2/c1-18(16-19-12-14-26(2,3)15-13-19)24-17-27-25-22-10-5-4-8-20(22)21-9-6-7-11-23(21)28(24)25/h4-11,16-17,19H,12-15H2,1-3H3/b18-16-. The Morgan fingerprint density at radius 3 is 2.36 bits per heavy atom. The minimum atomic E-state index is 0.511. The predicted molar refractivity (Wildman–Crippen MR) is 120 cm³/mol. The molecule has 2 aromatic carbocycles. The second kappa shape index (κ2) is 6.48. The first-order valence-corrected chi connectivity index (χ1v) is 10.5. The van der Waals surface area contributed by atoms with Crippen molar-refractivity contribution in [3.05, 3.63) is 66.5 Å². The molecule has 0 unspecified atom stereocenters. The topological polar surface area (TPSA) is 17.3 Å². The van der Waals surface area contributed by atoms with Crippen molar-refractivity contribution < 1.29 is 0 Å². The Morgan fingerprint density at radius 2 is 1.61 bits per heavy atom. The molecule has 1 aliphatic carbocycles. The summed E-state index contributed by atoms with van der Waals surface area (Å²) >= 11 is 0. The van der Waals surface area contributed by atoms with E-state index in [0.29, 0.717) is 11.3 Å². The third-order valence-corrected chi connectivity index (χ3v) is 6.64. The van der Waals surface area contributed by atoms with Gasteiger partial charge in [-0.25, -0.2) is 4.98 Å². The number of allylic oxidation sites excluding steroid dienone is 2. The highest BCUT2D eigenvalue weighted by molar-refractivity contribution is 6.12. The van der Waals surface area contributed by atoms with Crippen molar-refractivity contribution in [2.45, 2.75) is 46.5 Å². The molecular weight excluding hydrogens is 340 g/mol. The molecule has 1 fully saturated rings. The number of rotatable bonds is 2. The maximum Gasteiger partial charge on any atom is 0.145 e. The number of nitrogens with zero attached hydrogens (tertiary/aromatic N) is 2. The van der Waals surface area contributed by atoms with E-state index in [-0.39, 0.29) is 0 Å². The number of aromatic nitrogens is 2.